The number of fused-ring (bicyclic) bond motifs is 1. The minimum absolute atomic E-state index is 0.564. The number of nitrogens with zero attached hydrogens (tertiary/aromatic N) is 2. The Hall–Kier alpha value is -3.32. The fourth-order valence-corrected chi connectivity index (χ4v) is 5.16. The largest absolute Gasteiger partial charge is 0.367 e. The summed E-state index contributed by atoms with van der Waals surface area (Å²) in [6.45, 7) is 3.91. The molecule has 0 spiro atoms. The van der Waals surface area contributed by atoms with Gasteiger partial charge in [-0.25, -0.2) is 0 Å². The van der Waals surface area contributed by atoms with E-state index in [4.69, 9.17) is 11.6 Å². The Morgan fingerprint density at radius 3 is 2.35 bits per heavy atom. The third-order valence-electron chi connectivity index (χ3n) is 6.87. The highest BCUT2D eigenvalue weighted by atomic mass is 35.5. The Balaban J connectivity index is 1.39. The van der Waals surface area contributed by atoms with Gasteiger partial charge in [0.25, 0.3) is 0 Å². The third kappa shape index (κ3) is 5.25. The number of benzene rings is 4. The number of anilines is 1. The number of hydrogen-bond acceptors (Lipinski definition) is 3. The fraction of sp³-hybridized carbons (Fsp3) is 0.233. The Bertz CT molecular complexity index is 1290. The number of rotatable bonds is 7. The van der Waals surface area contributed by atoms with Crippen LogP contribution in [0.5, 0.6) is 0 Å². The van der Waals surface area contributed by atoms with E-state index in [2.05, 4.69) is 76.9 Å². The summed E-state index contributed by atoms with van der Waals surface area (Å²) in [6.07, 6.45) is 1.10. The molecule has 4 aromatic carbocycles. The Morgan fingerprint density at radius 1 is 0.824 bits per heavy atom. The van der Waals surface area contributed by atoms with Crippen molar-refractivity contribution in [2.75, 3.05) is 24.5 Å². The van der Waals surface area contributed by atoms with Crippen LogP contribution in [0.1, 0.15) is 16.7 Å². The Morgan fingerprint density at radius 2 is 1.56 bits per heavy atom. The standard InChI is InChI=1S/C30H28ClN3/c31-29-10-12-30(13-11-29)34(20-24-7-9-25-15-23(17-32)6-8-26(25)16-24)21-28-19-33-18-27(28)14-22-4-2-1-3-5-22/h1-13,15-16,27-28,33H,14,18-21H2. The van der Waals surface area contributed by atoms with Crippen molar-refractivity contribution in [3.8, 4) is 6.07 Å². The summed E-state index contributed by atoms with van der Waals surface area (Å²) in [4.78, 5) is 2.48. The number of halogens is 1. The van der Waals surface area contributed by atoms with Crippen LogP contribution in [0.25, 0.3) is 10.8 Å². The zero-order valence-electron chi connectivity index (χ0n) is 19.1. The molecule has 4 aromatic rings. The van der Waals surface area contributed by atoms with Gasteiger partial charge in [-0.1, -0.05) is 60.1 Å². The first kappa shape index (κ1) is 22.5. The summed E-state index contributed by atoms with van der Waals surface area (Å²) >= 11 is 6.20. The molecule has 2 unspecified atom stereocenters. The van der Waals surface area contributed by atoms with Gasteiger partial charge in [0, 0.05) is 23.8 Å². The average molecular weight is 466 g/mol. The van der Waals surface area contributed by atoms with Crippen LogP contribution in [0, 0.1) is 23.2 Å². The van der Waals surface area contributed by atoms with Crippen LogP contribution in [-0.4, -0.2) is 19.6 Å². The van der Waals surface area contributed by atoms with Crippen molar-refractivity contribution < 1.29 is 0 Å². The zero-order chi connectivity index (χ0) is 23.3. The molecule has 0 aromatic heterocycles. The minimum Gasteiger partial charge on any atom is -0.367 e. The van der Waals surface area contributed by atoms with E-state index in [0.29, 0.717) is 17.4 Å². The van der Waals surface area contributed by atoms with Gasteiger partial charge in [-0.2, -0.15) is 5.26 Å². The molecule has 1 N–H and O–H groups in total. The molecule has 1 fully saturated rings. The van der Waals surface area contributed by atoms with Gasteiger partial charge in [0.1, 0.15) is 0 Å². The van der Waals surface area contributed by atoms with Crippen LogP contribution in [0.2, 0.25) is 5.02 Å². The first-order chi connectivity index (χ1) is 16.7. The van der Waals surface area contributed by atoms with Crippen molar-refractivity contribution in [2.45, 2.75) is 13.0 Å². The molecule has 5 rings (SSSR count). The lowest BCUT2D eigenvalue weighted by atomic mass is 9.89. The van der Waals surface area contributed by atoms with Crippen LogP contribution in [-0.2, 0) is 13.0 Å². The van der Waals surface area contributed by atoms with Gasteiger partial charge >= 0.3 is 0 Å². The normalized spacial score (nSPS) is 17.5. The van der Waals surface area contributed by atoms with Gasteiger partial charge in [-0.05, 0) is 95.7 Å². The van der Waals surface area contributed by atoms with Crippen molar-refractivity contribution in [1.29, 1.82) is 5.26 Å². The average Bonchev–Trinajstić information content (AvgIpc) is 3.30. The van der Waals surface area contributed by atoms with Crippen LogP contribution in [0.4, 0.5) is 5.69 Å². The highest BCUT2D eigenvalue weighted by Crippen LogP contribution is 2.28. The van der Waals surface area contributed by atoms with Crippen LogP contribution in [0.15, 0.2) is 91.0 Å². The number of hydrogen-bond donors (Lipinski definition) is 1. The minimum atomic E-state index is 0.564. The molecule has 1 aliphatic heterocycles. The lowest BCUT2D eigenvalue weighted by Gasteiger charge is -2.30. The van der Waals surface area contributed by atoms with Gasteiger partial charge in [0.15, 0.2) is 0 Å². The number of nitriles is 1. The van der Waals surface area contributed by atoms with Crippen molar-refractivity contribution >= 4 is 28.1 Å². The van der Waals surface area contributed by atoms with Crippen molar-refractivity contribution in [1.82, 2.24) is 5.32 Å². The monoisotopic (exact) mass is 465 g/mol. The second kappa shape index (κ2) is 10.3. The van der Waals surface area contributed by atoms with E-state index in [1.807, 2.05) is 30.3 Å². The van der Waals surface area contributed by atoms with Crippen molar-refractivity contribution in [3.05, 3.63) is 113 Å². The molecule has 0 saturated carbocycles. The second-order valence-corrected chi connectivity index (χ2v) is 9.67. The molecule has 0 bridgehead atoms. The lowest BCUT2D eigenvalue weighted by molar-refractivity contribution is 0.413. The highest BCUT2D eigenvalue weighted by molar-refractivity contribution is 6.30. The molecule has 4 heteroatoms. The number of nitrogens with one attached hydrogen (secondary N) is 1. The smallest absolute Gasteiger partial charge is 0.0991 e. The second-order valence-electron chi connectivity index (χ2n) is 9.23. The summed E-state index contributed by atoms with van der Waals surface area (Å²) < 4.78 is 0. The highest BCUT2D eigenvalue weighted by Gasteiger charge is 2.29. The van der Waals surface area contributed by atoms with Gasteiger partial charge < -0.3 is 10.2 Å². The first-order valence-corrected chi connectivity index (χ1v) is 12.2. The molecule has 1 saturated heterocycles. The molecule has 34 heavy (non-hydrogen) atoms. The molecule has 0 aliphatic carbocycles. The molecule has 1 heterocycles. The topological polar surface area (TPSA) is 39.1 Å². The molecular formula is C30H28ClN3. The van der Waals surface area contributed by atoms with Crippen molar-refractivity contribution in [2.24, 2.45) is 11.8 Å². The van der Waals surface area contributed by atoms with Gasteiger partial charge in [-0.3, -0.25) is 0 Å². The molecule has 1 aliphatic rings. The Labute approximate surface area is 206 Å². The van der Waals surface area contributed by atoms with E-state index in [0.717, 1.165) is 48.4 Å². The molecular weight excluding hydrogens is 438 g/mol. The molecule has 3 nitrogen and oxygen atoms in total. The van der Waals surface area contributed by atoms with Gasteiger partial charge in [0.2, 0.25) is 0 Å². The Kier molecular flexibility index (Phi) is 6.81. The van der Waals surface area contributed by atoms with E-state index in [9.17, 15) is 5.26 Å². The van der Waals surface area contributed by atoms with Gasteiger partial charge in [-0.15, -0.1) is 0 Å². The molecule has 170 valence electrons. The maximum atomic E-state index is 9.20. The summed E-state index contributed by atoms with van der Waals surface area (Å²) in [5.41, 5.74) is 4.55. The summed E-state index contributed by atoms with van der Waals surface area (Å²) in [7, 11) is 0. The van der Waals surface area contributed by atoms with E-state index in [-0.39, 0.29) is 0 Å². The SMILES string of the molecule is N#Cc1ccc2cc(CN(CC3CNCC3Cc3ccccc3)c3ccc(Cl)cc3)ccc2c1. The summed E-state index contributed by atoms with van der Waals surface area (Å²) in [6, 6.07) is 33.7. The molecule has 2 atom stereocenters. The fourth-order valence-electron chi connectivity index (χ4n) is 5.04. The first-order valence-electron chi connectivity index (χ1n) is 11.9. The van der Waals surface area contributed by atoms with Crippen LogP contribution in [0.3, 0.4) is 0 Å². The van der Waals surface area contributed by atoms with E-state index < -0.39 is 0 Å². The molecule has 0 radical (unpaired) electrons. The molecule has 0 amide bonds. The van der Waals surface area contributed by atoms with Gasteiger partial charge in [0.05, 0.1) is 11.6 Å². The van der Waals surface area contributed by atoms with Crippen molar-refractivity contribution in [3.63, 3.8) is 0 Å². The summed E-state index contributed by atoms with van der Waals surface area (Å²) in [5.74, 6) is 1.17. The predicted molar refractivity (Wildman–Crippen MR) is 141 cm³/mol. The van der Waals surface area contributed by atoms with E-state index >= 15 is 0 Å². The maximum Gasteiger partial charge on any atom is 0.0991 e. The van der Waals surface area contributed by atoms with E-state index in [1.54, 1.807) is 0 Å². The predicted octanol–water partition coefficient (Wildman–Crippen LogP) is 6.45. The zero-order valence-corrected chi connectivity index (χ0v) is 19.9. The summed E-state index contributed by atoms with van der Waals surface area (Å²) in [5, 5.41) is 15.8. The van der Waals surface area contributed by atoms with Crippen LogP contribution >= 0.6 is 11.6 Å². The lowest BCUT2D eigenvalue weighted by Crippen LogP contribution is -2.33. The third-order valence-corrected chi connectivity index (χ3v) is 7.13. The van der Waals surface area contributed by atoms with E-state index in [1.165, 1.54) is 16.8 Å². The quantitative estimate of drug-likeness (QED) is 0.341. The maximum absolute atomic E-state index is 9.20. The van der Waals surface area contributed by atoms with Crippen LogP contribution < -0.4 is 10.2 Å².